The quantitative estimate of drug-likeness (QED) is 0.100. The summed E-state index contributed by atoms with van der Waals surface area (Å²) >= 11 is 0. The Labute approximate surface area is 411 Å². The van der Waals surface area contributed by atoms with E-state index in [9.17, 15) is 0 Å². The van der Waals surface area contributed by atoms with Crippen LogP contribution in [0, 0.1) is 0 Å². The molecule has 9 rings (SSSR count). The molecule has 0 amide bonds. The van der Waals surface area contributed by atoms with Crippen LogP contribution in [0.1, 0.15) is 177 Å². The summed E-state index contributed by atoms with van der Waals surface area (Å²) in [6, 6.07) is 18.4. The standard InChI is InChI=1S/C52H72N4O8P4/c1-13-33-37-25-39-34(14-2)41-27-43-36(16-4)44-28-42-35(15-3)40-26-38(33)46-30-48(40)60-67(55(21-9)22-10)62-50(42)32-52(44)64-68(56(23-11)24-12)63-51(43)31-49(41)61-66(54(19-7)20-8)59-47(39)29-45(37)57-65(58-46)53(17-5)18-6/h25-36H,13-24H2,1-12H3. The molecular formula is C52H72N4O8P4. The SMILES string of the molecule is CCC1c2cc3c4cc2OP(N(CC)CC)Oc2cc5c(cc21)C(CC)c1cc2c(cc1OP(N(CC)CC)O5)OP(N(CC)CC)Oc1cc(c(cc1C2CC)C3CC)OP(N(CC)CC)O4. The molecule has 368 valence electrons. The van der Waals surface area contributed by atoms with E-state index in [-0.39, 0.29) is 23.7 Å². The molecule has 4 heterocycles. The Morgan fingerprint density at radius 3 is 0.529 bits per heavy atom. The number of hydrogen-bond donors (Lipinski definition) is 0. The van der Waals surface area contributed by atoms with E-state index < -0.39 is 34.1 Å². The van der Waals surface area contributed by atoms with Gasteiger partial charge in [0, 0.05) is 145 Å². The van der Waals surface area contributed by atoms with Crippen LogP contribution in [0.4, 0.5) is 0 Å². The highest BCUT2D eigenvalue weighted by molar-refractivity contribution is 7.46. The van der Waals surface area contributed by atoms with E-state index in [4.69, 9.17) is 36.2 Å². The molecule has 5 aliphatic rings. The molecule has 0 radical (unpaired) electrons. The van der Waals surface area contributed by atoms with Crippen LogP contribution < -0.4 is 36.2 Å². The molecule has 0 aromatic heterocycles. The topological polar surface area (TPSA) is 86.8 Å². The van der Waals surface area contributed by atoms with Gasteiger partial charge in [0.2, 0.25) is 0 Å². The zero-order valence-electron chi connectivity index (χ0n) is 42.3. The smallest absolute Gasteiger partial charge is 0.384 e. The van der Waals surface area contributed by atoms with Crippen molar-refractivity contribution >= 4 is 34.1 Å². The average Bonchev–Trinajstić information content (AvgIpc) is 3.32. The number of rotatable bonds is 16. The maximum atomic E-state index is 7.26. The van der Waals surface area contributed by atoms with E-state index in [0.29, 0.717) is 0 Å². The third-order valence-electron chi connectivity index (χ3n) is 14.5. The molecule has 4 aromatic rings. The Kier molecular flexibility index (Phi) is 15.6. The highest BCUT2D eigenvalue weighted by Crippen LogP contribution is 2.63. The minimum atomic E-state index is -1.60. The molecule has 68 heavy (non-hydrogen) atoms. The van der Waals surface area contributed by atoms with Crippen LogP contribution >= 0.6 is 34.1 Å². The van der Waals surface area contributed by atoms with Gasteiger partial charge in [0.1, 0.15) is 46.0 Å². The fourth-order valence-corrected chi connectivity index (χ4v) is 16.2. The van der Waals surface area contributed by atoms with Crippen LogP contribution in [-0.2, 0) is 0 Å². The third-order valence-corrected chi connectivity index (χ3v) is 21.4. The van der Waals surface area contributed by atoms with Crippen LogP contribution in [0.2, 0.25) is 0 Å². The van der Waals surface area contributed by atoms with Gasteiger partial charge in [-0.05, 0) is 49.9 Å². The van der Waals surface area contributed by atoms with Gasteiger partial charge in [-0.1, -0.05) is 83.1 Å². The lowest BCUT2D eigenvalue weighted by molar-refractivity contribution is 0.350. The van der Waals surface area contributed by atoms with Crippen molar-refractivity contribution in [3.05, 3.63) is 93.0 Å². The van der Waals surface area contributed by atoms with Crippen LogP contribution in [0.3, 0.4) is 0 Å². The first-order valence-corrected chi connectivity index (χ1v) is 30.0. The average molecular weight is 1010 g/mol. The van der Waals surface area contributed by atoms with Gasteiger partial charge in [0.25, 0.3) is 0 Å². The second-order valence-corrected chi connectivity index (χ2v) is 23.4. The summed E-state index contributed by atoms with van der Waals surface area (Å²) in [4.78, 5) is 0. The summed E-state index contributed by atoms with van der Waals surface area (Å²) < 4.78 is 67.2. The summed E-state index contributed by atoms with van der Waals surface area (Å²) in [5.41, 5.74) is 9.14. The van der Waals surface area contributed by atoms with Crippen LogP contribution in [0.15, 0.2) is 48.5 Å². The van der Waals surface area contributed by atoms with Crippen molar-refractivity contribution in [1.82, 2.24) is 18.7 Å². The van der Waals surface area contributed by atoms with Crippen molar-refractivity contribution in [1.29, 1.82) is 0 Å². The Hall–Kier alpha value is -3.16. The van der Waals surface area contributed by atoms with Gasteiger partial charge in [-0.15, -0.1) is 0 Å². The van der Waals surface area contributed by atoms with Crippen LogP contribution in [0.25, 0.3) is 0 Å². The lowest BCUT2D eigenvalue weighted by Gasteiger charge is -2.39. The maximum absolute atomic E-state index is 7.26. The third kappa shape index (κ3) is 8.84. The predicted molar refractivity (Wildman–Crippen MR) is 279 cm³/mol. The van der Waals surface area contributed by atoms with Gasteiger partial charge in [-0.2, -0.15) is 0 Å². The lowest BCUT2D eigenvalue weighted by Crippen LogP contribution is -2.26. The fourth-order valence-electron chi connectivity index (χ4n) is 10.7. The Morgan fingerprint density at radius 1 is 0.265 bits per heavy atom. The van der Waals surface area contributed by atoms with Crippen molar-refractivity contribution in [2.75, 3.05) is 52.4 Å². The van der Waals surface area contributed by atoms with E-state index in [1.54, 1.807) is 0 Å². The largest absolute Gasteiger partial charge is 0.427 e. The molecule has 4 aliphatic heterocycles. The molecule has 0 unspecified atom stereocenters. The van der Waals surface area contributed by atoms with Gasteiger partial charge >= 0.3 is 34.1 Å². The monoisotopic (exact) mass is 1000 g/mol. The minimum Gasteiger partial charge on any atom is -0.427 e. The number of benzene rings is 4. The van der Waals surface area contributed by atoms with Crippen molar-refractivity contribution in [2.45, 2.75) is 132 Å². The number of nitrogens with zero attached hydrogens (tertiary/aromatic N) is 4. The highest BCUT2D eigenvalue weighted by Gasteiger charge is 2.42. The van der Waals surface area contributed by atoms with Gasteiger partial charge in [-0.3, -0.25) is 0 Å². The van der Waals surface area contributed by atoms with Crippen molar-refractivity contribution in [3.63, 3.8) is 0 Å². The minimum absolute atomic E-state index is 0.0599. The van der Waals surface area contributed by atoms with E-state index in [2.05, 4.69) is 150 Å². The normalized spacial score (nSPS) is 24.0. The first-order valence-electron chi connectivity index (χ1n) is 25.5. The number of hydrogen-bond acceptors (Lipinski definition) is 12. The van der Waals surface area contributed by atoms with Gasteiger partial charge < -0.3 is 36.2 Å². The molecule has 0 saturated heterocycles. The van der Waals surface area contributed by atoms with Crippen LogP contribution in [-0.4, -0.2) is 71.0 Å². The Morgan fingerprint density at radius 2 is 0.412 bits per heavy atom. The summed E-state index contributed by atoms with van der Waals surface area (Å²) in [6.07, 6.45) is 3.29. The molecule has 8 bridgehead atoms. The highest BCUT2D eigenvalue weighted by atomic mass is 31.2. The van der Waals surface area contributed by atoms with Crippen molar-refractivity contribution in [2.24, 2.45) is 0 Å². The molecular weight excluding hydrogens is 932 g/mol. The second kappa shape index (κ2) is 21.3. The first-order chi connectivity index (χ1) is 33.1. The molecule has 0 spiro atoms. The summed E-state index contributed by atoms with van der Waals surface area (Å²) in [5.74, 6) is 6.12. The molecule has 1 aliphatic carbocycles. The van der Waals surface area contributed by atoms with Crippen molar-refractivity contribution in [3.8, 4) is 46.0 Å². The van der Waals surface area contributed by atoms with Crippen molar-refractivity contribution < 1.29 is 36.2 Å². The second-order valence-electron chi connectivity index (χ2n) is 17.8. The lowest BCUT2D eigenvalue weighted by atomic mass is 9.77. The predicted octanol–water partition coefficient (Wildman–Crippen LogP) is 15.5. The van der Waals surface area contributed by atoms with Crippen LogP contribution in [0.5, 0.6) is 46.0 Å². The van der Waals surface area contributed by atoms with E-state index in [1.807, 2.05) is 0 Å². The Balaban J connectivity index is 1.44. The summed E-state index contributed by atoms with van der Waals surface area (Å²) in [6.45, 7) is 32.6. The van der Waals surface area contributed by atoms with E-state index in [0.717, 1.165) is 169 Å². The molecule has 0 fully saturated rings. The van der Waals surface area contributed by atoms with E-state index in [1.165, 1.54) is 0 Å². The molecule has 4 aromatic carbocycles. The first kappa shape index (κ1) is 49.8. The summed E-state index contributed by atoms with van der Waals surface area (Å²) in [7, 11) is -6.39. The maximum Gasteiger partial charge on any atom is 0.384 e. The summed E-state index contributed by atoms with van der Waals surface area (Å²) in [5, 5.41) is 0. The fraction of sp³-hybridized carbons (Fsp3) is 0.538. The Bertz CT molecular complexity index is 2000. The zero-order chi connectivity index (χ0) is 48.0. The molecule has 16 heteroatoms. The van der Waals surface area contributed by atoms with Gasteiger partial charge in [0.05, 0.1) is 0 Å². The molecule has 12 nitrogen and oxygen atoms in total. The molecule has 0 saturated carbocycles. The van der Waals surface area contributed by atoms with Gasteiger partial charge in [-0.25, -0.2) is 18.7 Å². The molecule has 0 atom stereocenters. The van der Waals surface area contributed by atoms with Gasteiger partial charge in [0.15, 0.2) is 0 Å². The zero-order valence-corrected chi connectivity index (χ0v) is 45.8. The molecule has 0 N–H and O–H groups in total. The van der Waals surface area contributed by atoms with E-state index >= 15 is 0 Å².